The molecule has 0 aliphatic carbocycles. The maximum Gasteiger partial charge on any atom is 0.257 e. The molecule has 4 aromatic rings. The Labute approximate surface area is 217 Å². The molecule has 174 valence electrons. The number of fused-ring (bicyclic) bond motifs is 1. The van der Waals surface area contributed by atoms with Crippen molar-refractivity contribution in [2.45, 2.75) is 26.2 Å². The first-order valence-electron chi connectivity index (χ1n) is 10.5. The number of nitrogens with one attached hydrogen (secondary N) is 2. The van der Waals surface area contributed by atoms with Crippen molar-refractivity contribution in [3.63, 3.8) is 0 Å². The van der Waals surface area contributed by atoms with Gasteiger partial charge in [0.05, 0.1) is 20.8 Å². The fourth-order valence-electron chi connectivity index (χ4n) is 3.33. The number of hydrogen-bond acceptors (Lipinski definition) is 4. The van der Waals surface area contributed by atoms with Crippen molar-refractivity contribution in [3.8, 4) is 11.5 Å². The number of hydrogen-bond donors (Lipinski definition) is 2. The van der Waals surface area contributed by atoms with Crippen LogP contribution in [0.2, 0.25) is 15.1 Å². The molecular weight excluding hydrogens is 513 g/mol. The van der Waals surface area contributed by atoms with E-state index >= 15 is 0 Å². The van der Waals surface area contributed by atoms with E-state index in [9.17, 15) is 4.79 Å². The van der Waals surface area contributed by atoms with E-state index < -0.39 is 5.91 Å². The number of amides is 1. The van der Waals surface area contributed by atoms with E-state index in [1.54, 1.807) is 24.3 Å². The zero-order chi connectivity index (χ0) is 24.4. The molecule has 0 aliphatic rings. The van der Waals surface area contributed by atoms with E-state index in [1.807, 2.05) is 12.1 Å². The number of halogens is 3. The lowest BCUT2D eigenvalue weighted by atomic mass is 9.98. The lowest BCUT2D eigenvalue weighted by molar-refractivity contribution is 0.0977. The Morgan fingerprint density at radius 1 is 1.03 bits per heavy atom. The summed E-state index contributed by atoms with van der Waals surface area (Å²) >= 11 is 23.5. The maximum absolute atomic E-state index is 12.5. The van der Waals surface area contributed by atoms with Crippen LogP contribution in [0.25, 0.3) is 22.6 Å². The molecule has 5 nitrogen and oxygen atoms in total. The van der Waals surface area contributed by atoms with E-state index in [0.29, 0.717) is 44.3 Å². The second-order valence-corrected chi connectivity index (χ2v) is 9.42. The minimum atomic E-state index is -0.431. The molecule has 0 spiro atoms. The lowest BCUT2D eigenvalue weighted by Crippen LogP contribution is -2.34. The third-order valence-corrected chi connectivity index (χ3v) is 6.74. The van der Waals surface area contributed by atoms with Gasteiger partial charge < -0.3 is 9.73 Å². The van der Waals surface area contributed by atoms with Crippen LogP contribution in [-0.2, 0) is 0 Å². The topological polar surface area (TPSA) is 67.2 Å². The summed E-state index contributed by atoms with van der Waals surface area (Å²) in [6.07, 6.45) is 1.05. The summed E-state index contributed by atoms with van der Waals surface area (Å²) in [5.74, 6) is 0.470. The number of nitrogens with zero attached hydrogens (tertiary/aromatic N) is 1. The van der Waals surface area contributed by atoms with E-state index in [-0.39, 0.29) is 10.1 Å². The van der Waals surface area contributed by atoms with Crippen molar-refractivity contribution < 1.29 is 9.21 Å². The summed E-state index contributed by atoms with van der Waals surface area (Å²) in [5.41, 5.74) is 4.25. The van der Waals surface area contributed by atoms with Crippen LogP contribution in [-0.4, -0.2) is 16.0 Å². The summed E-state index contributed by atoms with van der Waals surface area (Å²) in [4.78, 5) is 17.1. The van der Waals surface area contributed by atoms with E-state index in [0.717, 1.165) is 11.9 Å². The SMILES string of the molecule is CC[C@H](C)c1ccc2oc(-c3ccc(Cl)c(NC(=S)NC(=O)c4ccc(Cl)c(Cl)c4)c3)nc2c1. The monoisotopic (exact) mass is 531 g/mol. The molecule has 3 aromatic carbocycles. The first-order valence-corrected chi connectivity index (χ1v) is 12.1. The van der Waals surface area contributed by atoms with Gasteiger partial charge in [-0.25, -0.2) is 4.98 Å². The Morgan fingerprint density at radius 3 is 2.53 bits per heavy atom. The predicted molar refractivity (Wildman–Crippen MR) is 143 cm³/mol. The third-order valence-electron chi connectivity index (χ3n) is 5.46. The Bertz CT molecular complexity index is 1400. The minimum Gasteiger partial charge on any atom is -0.436 e. The molecule has 1 heterocycles. The Morgan fingerprint density at radius 2 is 1.79 bits per heavy atom. The van der Waals surface area contributed by atoms with Crippen LogP contribution in [0.3, 0.4) is 0 Å². The Kier molecular flexibility index (Phi) is 7.43. The number of benzene rings is 3. The van der Waals surface area contributed by atoms with E-state index in [2.05, 4.69) is 41.6 Å². The predicted octanol–water partition coefficient (Wildman–Crippen LogP) is 8.10. The van der Waals surface area contributed by atoms with Gasteiger partial charge in [-0.2, -0.15) is 0 Å². The van der Waals surface area contributed by atoms with E-state index in [4.69, 9.17) is 51.4 Å². The zero-order valence-corrected chi connectivity index (χ0v) is 21.4. The Balaban J connectivity index is 1.53. The van der Waals surface area contributed by atoms with E-state index in [1.165, 1.54) is 11.6 Å². The highest BCUT2D eigenvalue weighted by atomic mass is 35.5. The standard InChI is InChI=1S/C25H20Cl3N3O2S/c1-3-13(2)14-6-9-22-21(11-14)29-24(33-22)16-5-8-18(27)20(12-16)30-25(34)31-23(32)15-4-7-17(26)19(28)10-15/h4-13H,3H2,1-2H3,(H2,30,31,32,34)/t13-/m0/s1. The van der Waals surface area contributed by atoms with Crippen molar-refractivity contribution in [2.24, 2.45) is 0 Å². The third kappa shape index (κ3) is 5.36. The van der Waals surface area contributed by atoms with Crippen LogP contribution < -0.4 is 10.6 Å². The average Bonchev–Trinajstić information content (AvgIpc) is 3.25. The number of anilines is 1. The molecule has 0 fully saturated rings. The summed E-state index contributed by atoms with van der Waals surface area (Å²) < 4.78 is 5.96. The molecule has 2 N–H and O–H groups in total. The van der Waals surface area contributed by atoms with Crippen molar-refractivity contribution in [1.82, 2.24) is 10.3 Å². The summed E-state index contributed by atoms with van der Waals surface area (Å²) in [6.45, 7) is 4.34. The number of oxazole rings is 1. The summed E-state index contributed by atoms with van der Waals surface area (Å²) in [7, 11) is 0. The number of carbonyl (C=O) groups is 1. The van der Waals surface area contributed by atoms with Gasteiger partial charge in [0.25, 0.3) is 5.91 Å². The first-order chi connectivity index (χ1) is 16.2. The lowest BCUT2D eigenvalue weighted by Gasteiger charge is -2.12. The second kappa shape index (κ2) is 10.3. The molecule has 0 radical (unpaired) electrons. The molecule has 1 atom stereocenters. The van der Waals surface area contributed by atoms with Crippen molar-refractivity contribution >= 4 is 74.8 Å². The van der Waals surface area contributed by atoms with Gasteiger partial charge in [-0.1, -0.05) is 54.7 Å². The van der Waals surface area contributed by atoms with Gasteiger partial charge in [0, 0.05) is 11.1 Å². The molecule has 0 bridgehead atoms. The minimum absolute atomic E-state index is 0.0749. The molecule has 0 aliphatic heterocycles. The molecule has 4 rings (SSSR count). The summed E-state index contributed by atoms with van der Waals surface area (Å²) in [5, 5.41) is 6.69. The maximum atomic E-state index is 12.5. The number of rotatable bonds is 5. The fourth-order valence-corrected chi connectivity index (χ4v) is 4.00. The molecule has 1 aromatic heterocycles. The quantitative estimate of drug-likeness (QED) is 0.254. The largest absolute Gasteiger partial charge is 0.436 e. The highest BCUT2D eigenvalue weighted by Crippen LogP contribution is 2.32. The van der Waals surface area contributed by atoms with Crippen molar-refractivity contribution in [2.75, 3.05) is 5.32 Å². The molecule has 9 heteroatoms. The molecule has 0 unspecified atom stereocenters. The van der Waals surface area contributed by atoms with Crippen LogP contribution in [0.5, 0.6) is 0 Å². The normalized spacial score (nSPS) is 11.9. The highest BCUT2D eigenvalue weighted by molar-refractivity contribution is 7.80. The number of carbonyl (C=O) groups excluding carboxylic acids is 1. The first kappa shape index (κ1) is 24.5. The smallest absolute Gasteiger partial charge is 0.257 e. The highest BCUT2D eigenvalue weighted by Gasteiger charge is 2.15. The second-order valence-electron chi connectivity index (χ2n) is 7.79. The average molecular weight is 533 g/mol. The molecule has 1 amide bonds. The van der Waals surface area contributed by atoms with Crippen LogP contribution in [0.1, 0.15) is 42.1 Å². The van der Waals surface area contributed by atoms with Crippen LogP contribution in [0.15, 0.2) is 59.0 Å². The molecular formula is C25H20Cl3N3O2S. The van der Waals surface area contributed by atoms with Gasteiger partial charge in [-0.15, -0.1) is 0 Å². The van der Waals surface area contributed by atoms with Crippen LogP contribution in [0, 0.1) is 0 Å². The fraction of sp³-hybridized carbons (Fsp3) is 0.160. The summed E-state index contributed by atoms with van der Waals surface area (Å²) in [6, 6.07) is 15.9. The van der Waals surface area contributed by atoms with Crippen LogP contribution in [0.4, 0.5) is 5.69 Å². The Hall–Kier alpha value is -2.64. The van der Waals surface area contributed by atoms with Crippen LogP contribution >= 0.6 is 47.0 Å². The van der Waals surface area contributed by atoms with Crippen molar-refractivity contribution in [1.29, 1.82) is 0 Å². The molecule has 34 heavy (non-hydrogen) atoms. The van der Waals surface area contributed by atoms with Gasteiger partial charge in [-0.3, -0.25) is 10.1 Å². The number of thiocarbonyl (C=S) groups is 1. The number of aromatic nitrogens is 1. The zero-order valence-electron chi connectivity index (χ0n) is 18.3. The van der Waals surface area contributed by atoms with Gasteiger partial charge in [-0.05, 0) is 78.7 Å². The van der Waals surface area contributed by atoms with Crippen molar-refractivity contribution in [3.05, 3.63) is 80.8 Å². The molecule has 0 saturated heterocycles. The van der Waals surface area contributed by atoms with Gasteiger partial charge in [0.15, 0.2) is 10.7 Å². The van der Waals surface area contributed by atoms with Gasteiger partial charge >= 0.3 is 0 Å². The van der Waals surface area contributed by atoms with Gasteiger partial charge in [0.2, 0.25) is 5.89 Å². The van der Waals surface area contributed by atoms with Gasteiger partial charge in [0.1, 0.15) is 5.52 Å². The molecule has 0 saturated carbocycles.